The Balaban J connectivity index is 0. The first-order valence-electron chi connectivity index (χ1n) is 1.77. The second kappa shape index (κ2) is 5.68. The van der Waals surface area contributed by atoms with Gasteiger partial charge in [-0.05, 0) is 0 Å². The Morgan fingerprint density at radius 3 is 1.33 bits per heavy atom. The summed E-state index contributed by atoms with van der Waals surface area (Å²) in [5.41, 5.74) is 0. The van der Waals surface area contributed by atoms with Gasteiger partial charge in [-0.15, -0.1) is 0 Å². The Morgan fingerprint density at radius 1 is 1.00 bits per heavy atom. The van der Waals surface area contributed by atoms with Gasteiger partial charge in [-0.1, -0.05) is 0 Å². The zero-order valence-electron chi connectivity index (χ0n) is 4.44. The molecule has 9 heavy (non-hydrogen) atoms. The number of rotatable bonds is 2. The van der Waals surface area contributed by atoms with Crippen molar-refractivity contribution in [1.29, 1.82) is 0 Å². The van der Waals surface area contributed by atoms with Crippen LogP contribution in [-0.2, 0) is 9.59 Å². The first-order valence-corrected chi connectivity index (χ1v) is 1.77. The third kappa shape index (κ3) is 11.2. The molecule has 0 saturated carbocycles. The largest absolute Gasteiger partial charge is 0.478 e. The zero-order valence-corrected chi connectivity index (χ0v) is 7.74. The molecule has 0 aliphatic rings. The van der Waals surface area contributed by atoms with Crippen LogP contribution in [0, 0.1) is 0 Å². The molecule has 0 aromatic heterocycles. The van der Waals surface area contributed by atoms with Crippen molar-refractivity contribution in [3.05, 3.63) is 12.2 Å². The van der Waals surface area contributed by atoms with Crippen LogP contribution in [0.25, 0.3) is 0 Å². The average Bonchev–Trinajstić information content (AvgIpc) is 1.61. The smallest absolute Gasteiger partial charge is 0.328 e. The van der Waals surface area contributed by atoms with Crippen LogP contribution in [0.5, 0.6) is 0 Å². The van der Waals surface area contributed by atoms with E-state index in [2.05, 4.69) is 0 Å². The van der Waals surface area contributed by atoms with E-state index < -0.39 is 11.9 Å². The molecule has 47 valence electrons. The third-order valence-electron chi connectivity index (χ3n) is 0.368. The van der Waals surface area contributed by atoms with Gasteiger partial charge in [0.15, 0.2) is 0 Å². The van der Waals surface area contributed by atoms with Gasteiger partial charge in [0, 0.05) is 38.0 Å². The molecule has 0 aromatic carbocycles. The molecule has 0 aliphatic heterocycles. The fraction of sp³-hybridized carbons (Fsp3) is 0. The van der Waals surface area contributed by atoms with E-state index in [1.54, 1.807) is 0 Å². The fourth-order valence-electron chi connectivity index (χ4n) is 0.143. The van der Waals surface area contributed by atoms with Gasteiger partial charge in [-0.25, -0.2) is 9.59 Å². The Hall–Kier alpha value is -0.450. The summed E-state index contributed by atoms with van der Waals surface area (Å²) < 4.78 is 0. The molecule has 5 heteroatoms. The van der Waals surface area contributed by atoms with E-state index in [1.807, 2.05) is 0 Å². The molecule has 0 fully saturated rings. The summed E-state index contributed by atoms with van der Waals surface area (Å²) in [7, 11) is 0. The molecule has 0 atom stereocenters. The van der Waals surface area contributed by atoms with E-state index in [9.17, 15) is 9.59 Å². The molecule has 3 radical (unpaired) electrons. The summed E-state index contributed by atoms with van der Waals surface area (Å²) in [5.74, 6) is -2.51. The van der Waals surface area contributed by atoms with Crippen LogP contribution in [-0.4, -0.2) is 48.0 Å². The summed E-state index contributed by atoms with van der Waals surface area (Å²) in [5, 5.41) is 15.6. The maximum atomic E-state index is 9.55. The number of carboxylic acid groups (broad SMARTS) is 2. The van der Waals surface area contributed by atoms with E-state index in [0.29, 0.717) is 12.2 Å². The van der Waals surface area contributed by atoms with Gasteiger partial charge in [0.05, 0.1) is 0 Å². The van der Waals surface area contributed by atoms with E-state index in [1.165, 1.54) is 0 Å². The Morgan fingerprint density at radius 2 is 1.22 bits per heavy atom. The second-order valence-electron chi connectivity index (χ2n) is 1.01. The van der Waals surface area contributed by atoms with Gasteiger partial charge in [0.25, 0.3) is 0 Å². The number of hydrogen-bond acceptors (Lipinski definition) is 2. The minimum Gasteiger partial charge on any atom is -0.478 e. The van der Waals surface area contributed by atoms with Crippen LogP contribution in [0.3, 0.4) is 0 Å². The summed E-state index contributed by atoms with van der Waals surface area (Å²) in [4.78, 5) is 19.1. The van der Waals surface area contributed by atoms with E-state index in [4.69, 9.17) is 10.2 Å². The topological polar surface area (TPSA) is 74.6 Å². The quantitative estimate of drug-likeness (QED) is 0.618. The van der Waals surface area contributed by atoms with Crippen LogP contribution >= 0.6 is 0 Å². The molecule has 0 bridgehead atoms. The van der Waals surface area contributed by atoms with Crippen molar-refractivity contribution in [2.75, 3.05) is 0 Å². The van der Waals surface area contributed by atoms with Gasteiger partial charge in [-0.2, -0.15) is 0 Å². The second-order valence-corrected chi connectivity index (χ2v) is 1.01. The molecule has 0 amide bonds. The number of hydrogen-bond donors (Lipinski definition) is 2. The number of aliphatic carboxylic acids is 2. The molecule has 2 N–H and O–H groups in total. The zero-order chi connectivity index (χ0) is 6.57. The molecule has 0 heterocycles. The molecule has 0 aromatic rings. The van der Waals surface area contributed by atoms with Crippen molar-refractivity contribution < 1.29 is 19.8 Å². The minimum atomic E-state index is -1.26. The van der Waals surface area contributed by atoms with Crippen molar-refractivity contribution in [3.8, 4) is 0 Å². The minimum absolute atomic E-state index is 0. The Bertz CT molecular complexity index is 124. The van der Waals surface area contributed by atoms with Crippen molar-refractivity contribution >= 4 is 37.8 Å². The Labute approximate surface area is 70.0 Å². The van der Waals surface area contributed by atoms with Crippen LogP contribution in [0.1, 0.15) is 0 Å². The van der Waals surface area contributed by atoms with Gasteiger partial charge in [0.2, 0.25) is 0 Å². The summed E-state index contributed by atoms with van der Waals surface area (Å²) >= 11 is 0. The predicted molar refractivity (Wildman–Crippen MR) is 30.2 cm³/mol. The molecular formula is C4H4InO4. The maximum absolute atomic E-state index is 9.55. The van der Waals surface area contributed by atoms with Crippen molar-refractivity contribution in [3.63, 3.8) is 0 Å². The standard InChI is InChI=1S/C4H4O4.In/c5-3(6)1-2-4(7)8;/h1-2H,(H,5,6)(H,7,8);. The Kier molecular flexibility index (Phi) is 7.17. The summed E-state index contributed by atoms with van der Waals surface area (Å²) in [6.07, 6.45) is 1.12. The first kappa shape index (κ1) is 11.4. The summed E-state index contributed by atoms with van der Waals surface area (Å²) in [6, 6.07) is 0. The fourth-order valence-corrected chi connectivity index (χ4v) is 0.143. The van der Waals surface area contributed by atoms with E-state index in [0.717, 1.165) is 0 Å². The normalized spacial score (nSPS) is 8.44. The van der Waals surface area contributed by atoms with Gasteiger partial charge in [-0.3, -0.25) is 0 Å². The maximum Gasteiger partial charge on any atom is 0.328 e. The van der Waals surface area contributed by atoms with E-state index in [-0.39, 0.29) is 25.8 Å². The predicted octanol–water partition coefficient (Wildman–Crippen LogP) is -0.669. The third-order valence-corrected chi connectivity index (χ3v) is 0.368. The van der Waals surface area contributed by atoms with Crippen molar-refractivity contribution in [2.24, 2.45) is 0 Å². The first-order chi connectivity index (χ1) is 3.63. The monoisotopic (exact) mass is 231 g/mol. The van der Waals surface area contributed by atoms with Crippen molar-refractivity contribution in [2.45, 2.75) is 0 Å². The SMILES string of the molecule is O=C(O)C=CC(=O)O.[In]. The molecule has 0 unspecified atom stereocenters. The van der Waals surface area contributed by atoms with Crippen LogP contribution in [0.15, 0.2) is 12.2 Å². The van der Waals surface area contributed by atoms with Gasteiger partial charge in [0.1, 0.15) is 0 Å². The molecule has 0 saturated heterocycles. The van der Waals surface area contributed by atoms with Gasteiger partial charge < -0.3 is 10.2 Å². The average molecular weight is 231 g/mol. The number of carbonyl (C=O) groups is 2. The van der Waals surface area contributed by atoms with Crippen LogP contribution in [0.4, 0.5) is 0 Å². The molecule has 0 aliphatic carbocycles. The number of carboxylic acids is 2. The van der Waals surface area contributed by atoms with Crippen LogP contribution < -0.4 is 0 Å². The summed E-state index contributed by atoms with van der Waals surface area (Å²) in [6.45, 7) is 0. The molecule has 0 rings (SSSR count). The molecule has 0 spiro atoms. The van der Waals surface area contributed by atoms with Crippen LogP contribution in [0.2, 0.25) is 0 Å². The van der Waals surface area contributed by atoms with Crippen molar-refractivity contribution in [1.82, 2.24) is 0 Å². The van der Waals surface area contributed by atoms with Gasteiger partial charge >= 0.3 is 11.9 Å². The molecular weight excluding hydrogens is 227 g/mol. The molecule has 4 nitrogen and oxygen atoms in total. The van der Waals surface area contributed by atoms with E-state index >= 15 is 0 Å².